The SMILES string of the molecule is CCCCCCCCCCCCCCCCCCCCC(=O)OC[C@H](COP(=O)(O)OC[C@@H](O)COP(=O)(O)OC[C@@H](COC(=O)CCCCCCCCCCC(C)C)OC(=O)CCCCCCCCCCCCC(C)CC)OC(=O)CCCCCCCCCCCCCCCCCCCCC(C)CC. The van der Waals surface area contributed by atoms with Crippen LogP contribution in [0.25, 0.3) is 0 Å². The Morgan fingerprint density at radius 3 is 0.724 bits per heavy atom. The standard InChI is InChI=1S/C86H168O17P2/c1-8-11-12-13-14-15-16-17-18-19-23-26-29-32-38-46-53-60-67-83(88)96-73-81(102-85(90)69-62-55-48-39-33-30-27-24-21-20-22-25-28-31-36-44-51-58-65-78(6)9-2)75-100-104(92,93)98-71-80(87)72-99-105(94,95)101-76-82(74-97-84(89)68-61-54-47-42-41-43-50-57-64-77(4)5)103-86(91)70-63-56-49-40-35-34-37-45-52-59-66-79(7)10-3/h77-82,87H,8-76H2,1-7H3,(H,92,93)(H,94,95)/t78?,79?,80-,81-,82-/m1/s1. The molecule has 0 saturated heterocycles. The number of hydrogen-bond acceptors (Lipinski definition) is 15. The third kappa shape index (κ3) is 77.2. The van der Waals surface area contributed by atoms with Gasteiger partial charge in [-0.25, -0.2) is 9.13 Å². The molecular weight excluding hydrogens is 1370 g/mol. The Morgan fingerprint density at radius 2 is 0.486 bits per heavy atom. The van der Waals surface area contributed by atoms with E-state index < -0.39 is 97.5 Å². The molecule has 17 nitrogen and oxygen atoms in total. The summed E-state index contributed by atoms with van der Waals surface area (Å²) in [5, 5.41) is 10.7. The second kappa shape index (κ2) is 76.1. The van der Waals surface area contributed by atoms with Crippen molar-refractivity contribution < 1.29 is 80.2 Å². The van der Waals surface area contributed by atoms with Gasteiger partial charge in [0.25, 0.3) is 0 Å². The van der Waals surface area contributed by atoms with Crippen molar-refractivity contribution in [1.82, 2.24) is 0 Å². The van der Waals surface area contributed by atoms with Crippen LogP contribution >= 0.6 is 15.6 Å². The fraction of sp³-hybridized carbons (Fsp3) is 0.953. The zero-order valence-corrected chi connectivity index (χ0v) is 71.0. The fourth-order valence-electron chi connectivity index (χ4n) is 13.3. The van der Waals surface area contributed by atoms with E-state index in [9.17, 15) is 43.2 Å². The Kier molecular flexibility index (Phi) is 74.7. The molecule has 4 unspecified atom stereocenters. The number of rotatable bonds is 84. The summed E-state index contributed by atoms with van der Waals surface area (Å²) in [7, 11) is -9.93. The molecule has 0 aliphatic carbocycles. The topological polar surface area (TPSA) is 237 Å². The van der Waals surface area contributed by atoms with E-state index in [0.717, 1.165) is 108 Å². The molecule has 0 heterocycles. The summed E-state index contributed by atoms with van der Waals surface area (Å²) in [6.45, 7) is 12.0. The number of hydrogen-bond donors (Lipinski definition) is 3. The Labute approximate surface area is 645 Å². The van der Waals surface area contributed by atoms with Crippen LogP contribution in [-0.2, 0) is 65.4 Å². The zero-order valence-electron chi connectivity index (χ0n) is 69.2. The molecule has 0 aromatic rings. The number of aliphatic hydroxyl groups is 1. The van der Waals surface area contributed by atoms with E-state index in [1.165, 1.54) is 263 Å². The molecule has 0 aliphatic heterocycles. The van der Waals surface area contributed by atoms with E-state index in [4.69, 9.17) is 37.0 Å². The van der Waals surface area contributed by atoms with Gasteiger partial charge < -0.3 is 33.8 Å². The summed E-state index contributed by atoms with van der Waals surface area (Å²) in [5.41, 5.74) is 0. The summed E-state index contributed by atoms with van der Waals surface area (Å²) in [6, 6.07) is 0. The van der Waals surface area contributed by atoms with Crippen molar-refractivity contribution in [3.63, 3.8) is 0 Å². The average Bonchev–Trinajstić information content (AvgIpc) is 1.000. The smallest absolute Gasteiger partial charge is 0.462 e. The van der Waals surface area contributed by atoms with Crippen molar-refractivity contribution in [2.75, 3.05) is 39.6 Å². The van der Waals surface area contributed by atoms with Gasteiger partial charge in [-0.3, -0.25) is 37.3 Å². The molecule has 7 atom stereocenters. The Balaban J connectivity index is 5.24. The molecular formula is C86H168O17P2. The van der Waals surface area contributed by atoms with Crippen molar-refractivity contribution in [1.29, 1.82) is 0 Å². The Morgan fingerprint density at radius 1 is 0.276 bits per heavy atom. The first-order valence-electron chi connectivity index (χ1n) is 44.4. The number of carbonyl (C=O) groups is 4. The first kappa shape index (κ1) is 103. The van der Waals surface area contributed by atoms with Gasteiger partial charge in [0.2, 0.25) is 0 Å². The molecule has 0 amide bonds. The molecule has 0 rings (SSSR count). The molecule has 0 saturated carbocycles. The minimum absolute atomic E-state index is 0.106. The maximum atomic E-state index is 13.1. The first-order valence-corrected chi connectivity index (χ1v) is 47.4. The number of phosphoric ester groups is 2. The third-order valence-electron chi connectivity index (χ3n) is 20.9. The molecule has 0 radical (unpaired) electrons. The van der Waals surface area contributed by atoms with Crippen LogP contribution in [0.1, 0.15) is 453 Å². The average molecular weight is 1540 g/mol. The highest BCUT2D eigenvalue weighted by molar-refractivity contribution is 7.47. The van der Waals surface area contributed by atoms with Crippen LogP contribution in [0, 0.1) is 17.8 Å². The molecule has 0 aromatic carbocycles. The van der Waals surface area contributed by atoms with E-state index in [0.29, 0.717) is 25.7 Å². The lowest BCUT2D eigenvalue weighted by Crippen LogP contribution is -2.30. The van der Waals surface area contributed by atoms with E-state index in [2.05, 4.69) is 48.5 Å². The second-order valence-electron chi connectivity index (χ2n) is 31.9. The second-order valence-corrected chi connectivity index (χ2v) is 34.8. The molecule has 3 N–H and O–H groups in total. The molecule has 19 heteroatoms. The molecule has 0 aromatic heterocycles. The van der Waals surface area contributed by atoms with Crippen LogP contribution in [0.3, 0.4) is 0 Å². The van der Waals surface area contributed by atoms with Crippen molar-refractivity contribution in [2.24, 2.45) is 17.8 Å². The minimum Gasteiger partial charge on any atom is -0.462 e. The molecule has 0 aliphatic rings. The van der Waals surface area contributed by atoms with Crippen LogP contribution in [0.15, 0.2) is 0 Å². The summed E-state index contributed by atoms with van der Waals surface area (Å²) < 4.78 is 68.9. The fourth-order valence-corrected chi connectivity index (χ4v) is 14.9. The van der Waals surface area contributed by atoms with Gasteiger partial charge >= 0.3 is 39.5 Å². The van der Waals surface area contributed by atoms with Gasteiger partial charge in [0.15, 0.2) is 12.2 Å². The maximum Gasteiger partial charge on any atom is 0.472 e. The number of phosphoric acid groups is 2. The van der Waals surface area contributed by atoms with Crippen molar-refractivity contribution in [2.45, 2.75) is 471 Å². The van der Waals surface area contributed by atoms with Gasteiger partial charge in [0, 0.05) is 25.7 Å². The van der Waals surface area contributed by atoms with Gasteiger partial charge in [-0.1, -0.05) is 402 Å². The van der Waals surface area contributed by atoms with Gasteiger partial charge in [-0.2, -0.15) is 0 Å². The van der Waals surface area contributed by atoms with Crippen LogP contribution < -0.4 is 0 Å². The van der Waals surface area contributed by atoms with E-state index in [1.807, 2.05) is 0 Å². The van der Waals surface area contributed by atoms with Crippen molar-refractivity contribution in [3.05, 3.63) is 0 Å². The quantitative estimate of drug-likeness (QED) is 0.0222. The van der Waals surface area contributed by atoms with Crippen molar-refractivity contribution in [3.8, 4) is 0 Å². The Hall–Kier alpha value is -1.94. The normalized spacial score (nSPS) is 14.4. The first-order chi connectivity index (χ1) is 50.8. The molecule has 0 fully saturated rings. The Bertz CT molecular complexity index is 2030. The molecule has 0 bridgehead atoms. The van der Waals surface area contributed by atoms with Crippen LogP contribution in [0.4, 0.5) is 0 Å². The molecule has 0 spiro atoms. The third-order valence-corrected chi connectivity index (χ3v) is 22.8. The minimum atomic E-state index is -4.97. The van der Waals surface area contributed by atoms with Crippen LogP contribution in [0.5, 0.6) is 0 Å². The highest BCUT2D eigenvalue weighted by atomic mass is 31.2. The molecule has 624 valence electrons. The largest absolute Gasteiger partial charge is 0.472 e. The highest BCUT2D eigenvalue weighted by Gasteiger charge is 2.30. The van der Waals surface area contributed by atoms with Crippen molar-refractivity contribution >= 4 is 39.5 Å². The predicted molar refractivity (Wildman–Crippen MR) is 432 cm³/mol. The van der Waals surface area contributed by atoms with Crippen LogP contribution in [-0.4, -0.2) is 96.7 Å². The number of esters is 4. The predicted octanol–water partition coefficient (Wildman–Crippen LogP) is 26.1. The highest BCUT2D eigenvalue weighted by Crippen LogP contribution is 2.45. The molecule has 105 heavy (non-hydrogen) atoms. The number of ether oxygens (including phenoxy) is 4. The van der Waals surface area contributed by atoms with E-state index >= 15 is 0 Å². The lowest BCUT2D eigenvalue weighted by atomic mass is 9.99. The number of aliphatic hydroxyl groups excluding tert-OH is 1. The summed E-state index contributed by atoms with van der Waals surface area (Å²) >= 11 is 0. The van der Waals surface area contributed by atoms with Crippen LogP contribution in [0.2, 0.25) is 0 Å². The van der Waals surface area contributed by atoms with Gasteiger partial charge in [-0.05, 0) is 43.4 Å². The zero-order chi connectivity index (χ0) is 77.2. The lowest BCUT2D eigenvalue weighted by Gasteiger charge is -2.21. The van der Waals surface area contributed by atoms with Gasteiger partial charge in [-0.15, -0.1) is 0 Å². The monoisotopic (exact) mass is 1540 g/mol. The summed E-state index contributed by atoms with van der Waals surface area (Å²) in [6.07, 6.45) is 66.6. The van der Waals surface area contributed by atoms with E-state index in [1.54, 1.807) is 0 Å². The number of carbonyl (C=O) groups excluding carboxylic acids is 4. The van der Waals surface area contributed by atoms with Gasteiger partial charge in [0.05, 0.1) is 26.4 Å². The lowest BCUT2D eigenvalue weighted by molar-refractivity contribution is -0.161. The number of unbranched alkanes of at least 4 members (excludes halogenated alkanes) is 50. The summed E-state index contributed by atoms with van der Waals surface area (Å²) in [4.78, 5) is 73.2. The van der Waals surface area contributed by atoms with Gasteiger partial charge in [0.1, 0.15) is 19.3 Å². The van der Waals surface area contributed by atoms with E-state index in [-0.39, 0.29) is 25.7 Å². The summed E-state index contributed by atoms with van der Waals surface area (Å²) in [5.74, 6) is 0.294. The maximum absolute atomic E-state index is 13.1.